The lowest BCUT2D eigenvalue weighted by molar-refractivity contribution is -0.145. The summed E-state index contributed by atoms with van der Waals surface area (Å²) in [5, 5.41) is 11.6. The number of aliphatic carboxylic acids is 1. The Morgan fingerprint density at radius 3 is 2.69 bits per heavy atom. The van der Waals surface area contributed by atoms with Crippen molar-refractivity contribution in [2.75, 3.05) is 33.4 Å². The standard InChI is InChI=1S/C18H24N2O6/c1-25-11-15(18(23)24)19-17(22)13-6-5-9-20(10-13)16(21)12-26-14-7-3-2-4-8-14/h2-4,7-8,13,15H,5-6,9-12H2,1H3,(H,19,22)(H,23,24). The molecule has 1 saturated heterocycles. The Morgan fingerprint density at radius 2 is 2.04 bits per heavy atom. The molecule has 0 saturated carbocycles. The van der Waals surface area contributed by atoms with Crippen LogP contribution in [0, 0.1) is 5.92 Å². The number of nitrogens with zero attached hydrogens (tertiary/aromatic N) is 1. The van der Waals surface area contributed by atoms with Crippen molar-refractivity contribution in [3.05, 3.63) is 30.3 Å². The Bertz CT molecular complexity index is 621. The molecular weight excluding hydrogens is 340 g/mol. The van der Waals surface area contributed by atoms with Gasteiger partial charge >= 0.3 is 5.97 Å². The van der Waals surface area contributed by atoms with Crippen LogP contribution in [0.25, 0.3) is 0 Å². The fourth-order valence-corrected chi connectivity index (χ4v) is 2.80. The lowest BCUT2D eigenvalue weighted by atomic mass is 9.96. The lowest BCUT2D eigenvalue weighted by Gasteiger charge is -2.32. The molecule has 142 valence electrons. The molecule has 2 amide bonds. The average molecular weight is 364 g/mol. The summed E-state index contributed by atoms with van der Waals surface area (Å²) in [5.41, 5.74) is 0. The molecule has 2 atom stereocenters. The van der Waals surface area contributed by atoms with Gasteiger partial charge in [-0.05, 0) is 25.0 Å². The molecule has 2 unspecified atom stereocenters. The zero-order chi connectivity index (χ0) is 18.9. The van der Waals surface area contributed by atoms with Crippen LogP contribution < -0.4 is 10.1 Å². The van der Waals surface area contributed by atoms with Gasteiger partial charge in [-0.1, -0.05) is 18.2 Å². The molecule has 1 aromatic carbocycles. The predicted molar refractivity (Wildman–Crippen MR) is 92.7 cm³/mol. The van der Waals surface area contributed by atoms with Crippen molar-refractivity contribution in [3.8, 4) is 5.75 Å². The number of nitrogens with one attached hydrogen (secondary N) is 1. The second-order valence-corrected chi connectivity index (χ2v) is 6.14. The number of hydrogen-bond acceptors (Lipinski definition) is 5. The summed E-state index contributed by atoms with van der Waals surface area (Å²) < 4.78 is 10.3. The normalized spacial score (nSPS) is 18.0. The number of rotatable bonds is 8. The van der Waals surface area contributed by atoms with Gasteiger partial charge in [-0.15, -0.1) is 0 Å². The molecule has 2 rings (SSSR count). The van der Waals surface area contributed by atoms with Crippen molar-refractivity contribution >= 4 is 17.8 Å². The van der Waals surface area contributed by atoms with Crippen LogP contribution in [-0.2, 0) is 19.1 Å². The molecule has 0 aliphatic carbocycles. The van der Waals surface area contributed by atoms with E-state index in [1.54, 1.807) is 17.0 Å². The van der Waals surface area contributed by atoms with Gasteiger partial charge in [0.15, 0.2) is 12.6 Å². The number of ether oxygens (including phenoxy) is 2. The molecule has 8 nitrogen and oxygen atoms in total. The van der Waals surface area contributed by atoms with E-state index in [1.165, 1.54) is 7.11 Å². The second kappa shape index (κ2) is 9.76. The molecule has 1 aromatic rings. The number of carboxylic acid groups (broad SMARTS) is 1. The van der Waals surface area contributed by atoms with Gasteiger partial charge in [-0.25, -0.2) is 4.79 Å². The number of methoxy groups -OCH3 is 1. The van der Waals surface area contributed by atoms with Crippen molar-refractivity contribution in [3.63, 3.8) is 0 Å². The minimum absolute atomic E-state index is 0.0974. The highest BCUT2D eigenvalue weighted by atomic mass is 16.5. The third-order valence-electron chi connectivity index (χ3n) is 4.20. The van der Waals surface area contributed by atoms with E-state index in [4.69, 9.17) is 14.6 Å². The molecule has 1 fully saturated rings. The van der Waals surface area contributed by atoms with Gasteiger partial charge in [0.2, 0.25) is 5.91 Å². The number of amides is 2. The van der Waals surface area contributed by atoms with Gasteiger partial charge < -0.3 is 24.8 Å². The maximum Gasteiger partial charge on any atom is 0.328 e. The van der Waals surface area contributed by atoms with E-state index in [9.17, 15) is 14.4 Å². The Kier molecular flexibility index (Phi) is 7.40. The fourth-order valence-electron chi connectivity index (χ4n) is 2.80. The highest BCUT2D eigenvalue weighted by Crippen LogP contribution is 2.17. The van der Waals surface area contributed by atoms with Crippen LogP contribution in [0.5, 0.6) is 5.75 Å². The Labute approximate surface area is 152 Å². The van der Waals surface area contributed by atoms with Crippen molar-refractivity contribution in [1.82, 2.24) is 10.2 Å². The summed E-state index contributed by atoms with van der Waals surface area (Å²) in [6.07, 6.45) is 1.28. The third-order valence-corrected chi connectivity index (χ3v) is 4.20. The number of carboxylic acids is 1. The van der Waals surface area contributed by atoms with E-state index in [0.717, 1.165) is 0 Å². The van der Waals surface area contributed by atoms with Gasteiger partial charge in [0, 0.05) is 20.2 Å². The summed E-state index contributed by atoms with van der Waals surface area (Å²) in [7, 11) is 1.37. The molecule has 0 radical (unpaired) electrons. The number of piperidine rings is 1. The van der Waals surface area contributed by atoms with E-state index in [-0.39, 0.29) is 31.6 Å². The zero-order valence-electron chi connectivity index (χ0n) is 14.7. The summed E-state index contributed by atoms with van der Waals surface area (Å²) in [6.45, 7) is 0.602. The third kappa shape index (κ3) is 5.73. The molecule has 0 aromatic heterocycles. The molecular formula is C18H24N2O6. The van der Waals surface area contributed by atoms with E-state index in [1.807, 2.05) is 18.2 Å². The molecule has 2 N–H and O–H groups in total. The van der Waals surface area contributed by atoms with Gasteiger partial charge in [0.05, 0.1) is 12.5 Å². The van der Waals surface area contributed by atoms with Gasteiger partial charge in [0.1, 0.15) is 5.75 Å². The molecule has 0 bridgehead atoms. The summed E-state index contributed by atoms with van der Waals surface area (Å²) in [4.78, 5) is 37.4. The van der Waals surface area contributed by atoms with Crippen LogP contribution >= 0.6 is 0 Å². The number of benzene rings is 1. The zero-order valence-corrected chi connectivity index (χ0v) is 14.7. The first-order valence-electron chi connectivity index (χ1n) is 8.49. The number of likely N-dealkylation sites (tertiary alicyclic amines) is 1. The van der Waals surface area contributed by atoms with Crippen LogP contribution in [0.3, 0.4) is 0 Å². The fraction of sp³-hybridized carbons (Fsp3) is 0.500. The highest BCUT2D eigenvalue weighted by molar-refractivity contribution is 5.86. The number of hydrogen-bond donors (Lipinski definition) is 2. The topological polar surface area (TPSA) is 105 Å². The lowest BCUT2D eigenvalue weighted by Crippen LogP contribution is -2.51. The van der Waals surface area contributed by atoms with Crippen molar-refractivity contribution in [2.45, 2.75) is 18.9 Å². The number of carbonyl (C=O) groups is 3. The summed E-state index contributed by atoms with van der Waals surface area (Å²) in [5.74, 6) is -1.56. The Balaban J connectivity index is 1.86. The van der Waals surface area contributed by atoms with E-state index >= 15 is 0 Å². The number of para-hydroxylation sites is 1. The van der Waals surface area contributed by atoms with Crippen LogP contribution in [0.4, 0.5) is 0 Å². The first-order valence-corrected chi connectivity index (χ1v) is 8.49. The Hall–Kier alpha value is -2.61. The molecule has 26 heavy (non-hydrogen) atoms. The first kappa shape index (κ1) is 19.7. The monoisotopic (exact) mass is 364 g/mol. The molecule has 1 aliphatic heterocycles. The molecule has 1 heterocycles. The van der Waals surface area contributed by atoms with Gasteiger partial charge in [0.25, 0.3) is 5.91 Å². The minimum atomic E-state index is -1.15. The summed E-state index contributed by atoms with van der Waals surface area (Å²) >= 11 is 0. The van der Waals surface area contributed by atoms with Crippen LogP contribution in [0.2, 0.25) is 0 Å². The highest BCUT2D eigenvalue weighted by Gasteiger charge is 2.31. The van der Waals surface area contributed by atoms with Crippen molar-refractivity contribution in [2.24, 2.45) is 5.92 Å². The first-order chi connectivity index (χ1) is 12.5. The Morgan fingerprint density at radius 1 is 1.31 bits per heavy atom. The quantitative estimate of drug-likeness (QED) is 0.697. The maximum atomic E-state index is 12.3. The SMILES string of the molecule is COCC(NC(=O)C1CCCN(C(=O)COc2ccccc2)C1)C(=O)O. The summed E-state index contributed by atoms with van der Waals surface area (Å²) in [6, 6.07) is 7.93. The van der Waals surface area contributed by atoms with E-state index in [0.29, 0.717) is 25.1 Å². The predicted octanol–water partition coefficient (Wildman–Crippen LogP) is 0.520. The van der Waals surface area contributed by atoms with Crippen molar-refractivity contribution < 1.29 is 29.0 Å². The number of carbonyl (C=O) groups excluding carboxylic acids is 2. The minimum Gasteiger partial charge on any atom is -0.484 e. The molecule has 0 spiro atoms. The molecule has 1 aliphatic rings. The molecule has 8 heteroatoms. The van der Waals surface area contributed by atoms with Gasteiger partial charge in [-0.2, -0.15) is 0 Å². The maximum absolute atomic E-state index is 12.3. The van der Waals surface area contributed by atoms with Crippen LogP contribution in [0.15, 0.2) is 30.3 Å². The van der Waals surface area contributed by atoms with Crippen LogP contribution in [-0.4, -0.2) is 67.2 Å². The van der Waals surface area contributed by atoms with E-state index < -0.39 is 17.9 Å². The van der Waals surface area contributed by atoms with Crippen LogP contribution in [0.1, 0.15) is 12.8 Å². The largest absolute Gasteiger partial charge is 0.484 e. The van der Waals surface area contributed by atoms with Crippen molar-refractivity contribution in [1.29, 1.82) is 0 Å². The smallest absolute Gasteiger partial charge is 0.328 e. The van der Waals surface area contributed by atoms with E-state index in [2.05, 4.69) is 5.32 Å². The van der Waals surface area contributed by atoms with Gasteiger partial charge in [-0.3, -0.25) is 9.59 Å². The average Bonchev–Trinajstić information content (AvgIpc) is 2.66. The second-order valence-electron chi connectivity index (χ2n) is 6.14.